The number of ether oxygens (including phenoxy) is 2. The lowest BCUT2D eigenvalue weighted by molar-refractivity contribution is -0.144. The van der Waals surface area contributed by atoms with Crippen molar-refractivity contribution in [3.63, 3.8) is 0 Å². The van der Waals surface area contributed by atoms with Crippen LogP contribution in [-0.4, -0.2) is 49.2 Å². The van der Waals surface area contributed by atoms with E-state index in [0.717, 1.165) is 13.1 Å². The van der Waals surface area contributed by atoms with Gasteiger partial charge in [-0.2, -0.15) is 0 Å². The van der Waals surface area contributed by atoms with E-state index in [9.17, 15) is 4.79 Å². The molecule has 26 heavy (non-hydrogen) atoms. The number of hydrogen-bond acceptors (Lipinski definition) is 4. The highest BCUT2D eigenvalue weighted by Crippen LogP contribution is 2.34. The number of nitrogens with zero attached hydrogens (tertiary/aromatic N) is 2. The number of hydrogen-bond donors (Lipinski definition) is 0. The van der Waals surface area contributed by atoms with Gasteiger partial charge in [0.1, 0.15) is 6.10 Å². The number of anilines is 1. The highest BCUT2D eigenvalue weighted by molar-refractivity contribution is 5.82. The molecular weight excluding hydrogens is 328 g/mol. The summed E-state index contributed by atoms with van der Waals surface area (Å²) in [5.41, 5.74) is 2.47. The fourth-order valence-corrected chi connectivity index (χ4v) is 3.58. The van der Waals surface area contributed by atoms with Gasteiger partial charge < -0.3 is 19.3 Å². The van der Waals surface area contributed by atoms with Crippen molar-refractivity contribution in [3.8, 4) is 11.5 Å². The molecule has 0 saturated carbocycles. The molecule has 1 fully saturated rings. The monoisotopic (exact) mass is 352 g/mol. The molecule has 0 bridgehead atoms. The lowest BCUT2D eigenvalue weighted by Crippen LogP contribution is -2.56. The Hall–Kier alpha value is -2.69. The molecule has 0 aromatic heterocycles. The van der Waals surface area contributed by atoms with Crippen LogP contribution >= 0.6 is 0 Å². The van der Waals surface area contributed by atoms with Gasteiger partial charge >= 0.3 is 0 Å². The first kappa shape index (κ1) is 16.8. The summed E-state index contributed by atoms with van der Waals surface area (Å²) in [5, 5.41) is 0. The van der Waals surface area contributed by atoms with E-state index in [0.29, 0.717) is 24.6 Å². The van der Waals surface area contributed by atoms with E-state index >= 15 is 0 Å². The third kappa shape index (κ3) is 3.21. The maximum atomic E-state index is 13.0. The molecule has 5 heteroatoms. The molecule has 2 atom stereocenters. The second-order valence-electron chi connectivity index (χ2n) is 6.96. The third-order valence-electron chi connectivity index (χ3n) is 5.04. The van der Waals surface area contributed by atoms with Crippen LogP contribution in [0.2, 0.25) is 0 Å². The molecule has 0 spiro atoms. The fourth-order valence-electron chi connectivity index (χ4n) is 3.58. The predicted octanol–water partition coefficient (Wildman–Crippen LogP) is 2.87. The van der Waals surface area contributed by atoms with Gasteiger partial charge in [-0.15, -0.1) is 0 Å². The van der Waals surface area contributed by atoms with Crippen molar-refractivity contribution in [2.45, 2.75) is 26.1 Å². The van der Waals surface area contributed by atoms with Crippen LogP contribution in [-0.2, 0) is 4.79 Å². The van der Waals surface area contributed by atoms with E-state index in [1.54, 1.807) is 0 Å². The summed E-state index contributed by atoms with van der Waals surface area (Å²) < 4.78 is 11.8. The Kier molecular flexibility index (Phi) is 4.45. The van der Waals surface area contributed by atoms with Crippen LogP contribution in [0.15, 0.2) is 48.5 Å². The SMILES string of the molecule is Cc1cccc(N2CCN(C(=O)C3Oc4ccccc4OC3C)CC2)c1. The lowest BCUT2D eigenvalue weighted by atomic mass is 10.1. The topological polar surface area (TPSA) is 42.0 Å². The molecule has 1 saturated heterocycles. The van der Waals surface area contributed by atoms with E-state index in [1.165, 1.54) is 11.3 Å². The average Bonchev–Trinajstić information content (AvgIpc) is 2.67. The van der Waals surface area contributed by atoms with Gasteiger partial charge in [-0.1, -0.05) is 24.3 Å². The largest absolute Gasteiger partial charge is 0.482 e. The maximum absolute atomic E-state index is 13.0. The van der Waals surface area contributed by atoms with E-state index < -0.39 is 6.10 Å². The molecule has 4 rings (SSSR count). The average molecular weight is 352 g/mol. The standard InChI is InChI=1S/C21H24N2O3/c1-15-6-5-7-17(14-15)22-10-12-23(13-11-22)21(24)20-16(2)25-18-8-3-4-9-19(18)26-20/h3-9,14,16,20H,10-13H2,1-2H3. The molecule has 0 N–H and O–H groups in total. The highest BCUT2D eigenvalue weighted by atomic mass is 16.6. The van der Waals surface area contributed by atoms with Gasteiger partial charge in [0.05, 0.1) is 0 Å². The van der Waals surface area contributed by atoms with Gasteiger partial charge in [-0.05, 0) is 43.7 Å². The molecule has 2 unspecified atom stereocenters. The van der Waals surface area contributed by atoms with Crippen LogP contribution in [0.25, 0.3) is 0 Å². The first-order chi connectivity index (χ1) is 12.6. The molecule has 2 aromatic rings. The van der Waals surface area contributed by atoms with Gasteiger partial charge in [0.2, 0.25) is 6.10 Å². The summed E-state index contributed by atoms with van der Waals surface area (Å²) >= 11 is 0. The van der Waals surface area contributed by atoms with Gasteiger partial charge in [-0.3, -0.25) is 4.79 Å². The van der Waals surface area contributed by atoms with Crippen LogP contribution in [0.3, 0.4) is 0 Å². The van der Waals surface area contributed by atoms with Crippen LogP contribution < -0.4 is 14.4 Å². The summed E-state index contributed by atoms with van der Waals surface area (Å²) in [5.74, 6) is 1.35. The van der Waals surface area contributed by atoms with E-state index in [4.69, 9.17) is 9.47 Å². The normalized spacial score (nSPS) is 22.2. The minimum Gasteiger partial charge on any atom is -0.482 e. The summed E-state index contributed by atoms with van der Waals surface area (Å²) in [6.45, 7) is 7.04. The summed E-state index contributed by atoms with van der Waals surface area (Å²) in [6.07, 6.45) is -0.886. The van der Waals surface area contributed by atoms with Gasteiger partial charge in [-0.25, -0.2) is 0 Å². The zero-order valence-electron chi connectivity index (χ0n) is 15.2. The Bertz CT molecular complexity index is 799. The number of benzene rings is 2. The minimum atomic E-state index is -0.588. The van der Waals surface area contributed by atoms with Crippen molar-refractivity contribution in [2.24, 2.45) is 0 Å². The number of carbonyl (C=O) groups excluding carboxylic acids is 1. The van der Waals surface area contributed by atoms with E-state index in [2.05, 4.69) is 36.1 Å². The minimum absolute atomic E-state index is 0.0101. The molecule has 2 heterocycles. The van der Waals surface area contributed by atoms with Crippen molar-refractivity contribution < 1.29 is 14.3 Å². The summed E-state index contributed by atoms with van der Waals surface area (Å²) in [6, 6.07) is 16.0. The first-order valence-corrected chi connectivity index (χ1v) is 9.14. The van der Waals surface area contributed by atoms with E-state index in [1.807, 2.05) is 36.1 Å². The zero-order chi connectivity index (χ0) is 18.1. The molecular formula is C21H24N2O3. The Morgan fingerprint density at radius 1 is 0.962 bits per heavy atom. The van der Waals surface area contributed by atoms with Crippen molar-refractivity contribution in [1.29, 1.82) is 0 Å². The van der Waals surface area contributed by atoms with Crippen molar-refractivity contribution in [2.75, 3.05) is 31.1 Å². The first-order valence-electron chi connectivity index (χ1n) is 9.14. The summed E-state index contributed by atoms with van der Waals surface area (Å²) in [7, 11) is 0. The number of piperazine rings is 1. The second kappa shape index (κ2) is 6.90. The molecule has 2 aliphatic heterocycles. The number of amides is 1. The third-order valence-corrected chi connectivity index (χ3v) is 5.04. The molecule has 5 nitrogen and oxygen atoms in total. The number of rotatable bonds is 2. The highest BCUT2D eigenvalue weighted by Gasteiger charge is 2.37. The van der Waals surface area contributed by atoms with Crippen LogP contribution in [0.1, 0.15) is 12.5 Å². The predicted molar refractivity (Wildman–Crippen MR) is 101 cm³/mol. The number of aryl methyl sites for hydroxylation is 1. The Morgan fingerprint density at radius 2 is 1.65 bits per heavy atom. The van der Waals surface area contributed by atoms with Crippen molar-refractivity contribution >= 4 is 11.6 Å². The van der Waals surface area contributed by atoms with Crippen LogP contribution in [0.4, 0.5) is 5.69 Å². The zero-order valence-corrected chi connectivity index (χ0v) is 15.2. The van der Waals surface area contributed by atoms with E-state index in [-0.39, 0.29) is 12.0 Å². The van der Waals surface area contributed by atoms with Crippen molar-refractivity contribution in [1.82, 2.24) is 4.90 Å². The smallest absolute Gasteiger partial charge is 0.267 e. The van der Waals surface area contributed by atoms with Gasteiger partial charge in [0.15, 0.2) is 11.5 Å². The van der Waals surface area contributed by atoms with Gasteiger partial charge in [0, 0.05) is 31.9 Å². The quantitative estimate of drug-likeness (QED) is 0.833. The Labute approximate surface area is 154 Å². The molecule has 2 aliphatic rings. The number of para-hydroxylation sites is 2. The Balaban J connectivity index is 1.41. The molecule has 0 radical (unpaired) electrons. The van der Waals surface area contributed by atoms with Crippen molar-refractivity contribution in [3.05, 3.63) is 54.1 Å². The lowest BCUT2D eigenvalue weighted by Gasteiger charge is -2.39. The second-order valence-corrected chi connectivity index (χ2v) is 6.96. The molecule has 2 aromatic carbocycles. The molecule has 0 aliphatic carbocycles. The molecule has 1 amide bonds. The number of carbonyl (C=O) groups is 1. The fraction of sp³-hybridized carbons (Fsp3) is 0.381. The Morgan fingerprint density at radius 3 is 2.35 bits per heavy atom. The van der Waals surface area contributed by atoms with Crippen LogP contribution in [0.5, 0.6) is 11.5 Å². The van der Waals surface area contributed by atoms with Crippen LogP contribution in [0, 0.1) is 6.92 Å². The maximum Gasteiger partial charge on any atom is 0.267 e. The number of fused-ring (bicyclic) bond motifs is 1. The molecule has 136 valence electrons. The van der Waals surface area contributed by atoms with Gasteiger partial charge in [0.25, 0.3) is 5.91 Å². The summed E-state index contributed by atoms with van der Waals surface area (Å²) in [4.78, 5) is 17.2.